The number of nitrogens with zero attached hydrogens (tertiary/aromatic N) is 1. The third-order valence-corrected chi connectivity index (χ3v) is 6.16. The van der Waals surface area contributed by atoms with Crippen LogP contribution in [-0.4, -0.2) is 31.7 Å². The molecule has 0 bridgehead atoms. The molecule has 1 unspecified atom stereocenters. The Morgan fingerprint density at radius 2 is 1.85 bits per heavy atom. The summed E-state index contributed by atoms with van der Waals surface area (Å²) in [6.07, 6.45) is 2.37. The summed E-state index contributed by atoms with van der Waals surface area (Å²) in [5, 5.41) is 9.67. The molecular weight excluding hydrogens is 352 g/mol. The standard InChI is InChI=1S/C19H24N2O4S/c1-12-6-13(2)8-17(7-12)26(23,24)21-19(15-9-16(22)10-15)14-4-5-18(25-3)20-11-14/h4-8,11,15-16,19,21-22H,9-10H2,1-3H3. The van der Waals surface area contributed by atoms with Gasteiger partial charge in [-0.15, -0.1) is 0 Å². The number of ether oxygens (including phenoxy) is 1. The van der Waals surface area contributed by atoms with Gasteiger partial charge in [0.15, 0.2) is 0 Å². The molecule has 1 heterocycles. The number of aromatic nitrogens is 1. The van der Waals surface area contributed by atoms with E-state index in [0.29, 0.717) is 18.7 Å². The number of benzene rings is 1. The largest absolute Gasteiger partial charge is 0.481 e. The average molecular weight is 376 g/mol. The fourth-order valence-electron chi connectivity index (χ4n) is 3.36. The molecule has 140 valence electrons. The molecule has 3 rings (SSSR count). The van der Waals surface area contributed by atoms with E-state index in [9.17, 15) is 13.5 Å². The minimum Gasteiger partial charge on any atom is -0.481 e. The molecule has 1 fully saturated rings. The van der Waals surface area contributed by atoms with Gasteiger partial charge in [0.25, 0.3) is 0 Å². The lowest BCUT2D eigenvalue weighted by atomic mass is 9.76. The fraction of sp³-hybridized carbons (Fsp3) is 0.421. The van der Waals surface area contributed by atoms with Crippen molar-refractivity contribution in [1.82, 2.24) is 9.71 Å². The van der Waals surface area contributed by atoms with E-state index in [2.05, 4.69) is 9.71 Å². The Balaban J connectivity index is 1.91. The molecule has 26 heavy (non-hydrogen) atoms. The summed E-state index contributed by atoms with van der Waals surface area (Å²) in [7, 11) is -2.17. The molecule has 1 aliphatic carbocycles. The number of methoxy groups -OCH3 is 1. The molecule has 7 heteroatoms. The Morgan fingerprint density at radius 3 is 2.35 bits per heavy atom. The van der Waals surface area contributed by atoms with Gasteiger partial charge in [-0.25, -0.2) is 18.1 Å². The topological polar surface area (TPSA) is 88.5 Å². The molecule has 0 radical (unpaired) electrons. The number of rotatable bonds is 6. The van der Waals surface area contributed by atoms with Gasteiger partial charge in [0, 0.05) is 12.3 Å². The van der Waals surface area contributed by atoms with Crippen LogP contribution in [-0.2, 0) is 10.0 Å². The van der Waals surface area contributed by atoms with E-state index in [4.69, 9.17) is 4.74 Å². The SMILES string of the molecule is COc1ccc(C(NS(=O)(=O)c2cc(C)cc(C)c2)C2CC(O)C2)cn1. The first-order chi connectivity index (χ1) is 12.3. The molecule has 0 amide bonds. The lowest BCUT2D eigenvalue weighted by Crippen LogP contribution is -2.41. The van der Waals surface area contributed by atoms with Crippen LogP contribution in [0.5, 0.6) is 5.88 Å². The van der Waals surface area contributed by atoms with Gasteiger partial charge >= 0.3 is 0 Å². The lowest BCUT2D eigenvalue weighted by Gasteiger charge is -2.38. The van der Waals surface area contributed by atoms with Crippen molar-refractivity contribution in [2.24, 2.45) is 5.92 Å². The zero-order valence-electron chi connectivity index (χ0n) is 15.1. The second-order valence-electron chi connectivity index (χ2n) is 6.94. The van der Waals surface area contributed by atoms with Crippen LogP contribution in [0.4, 0.5) is 0 Å². The number of hydrogen-bond acceptors (Lipinski definition) is 5. The molecule has 1 saturated carbocycles. The van der Waals surface area contributed by atoms with Gasteiger partial charge in [0.05, 0.1) is 24.2 Å². The zero-order valence-corrected chi connectivity index (χ0v) is 16.0. The number of sulfonamides is 1. The maximum absolute atomic E-state index is 13.0. The van der Waals surface area contributed by atoms with Crippen molar-refractivity contribution < 1.29 is 18.3 Å². The molecule has 0 saturated heterocycles. The number of hydrogen-bond donors (Lipinski definition) is 2. The summed E-state index contributed by atoms with van der Waals surface area (Å²) in [6.45, 7) is 3.75. The average Bonchev–Trinajstić information content (AvgIpc) is 2.56. The van der Waals surface area contributed by atoms with E-state index in [-0.39, 0.29) is 16.9 Å². The van der Waals surface area contributed by atoms with Crippen LogP contribution >= 0.6 is 0 Å². The van der Waals surface area contributed by atoms with Gasteiger partial charge in [0.1, 0.15) is 0 Å². The number of nitrogens with one attached hydrogen (secondary N) is 1. The normalized spacial score (nSPS) is 21.1. The molecular formula is C19H24N2O4S. The smallest absolute Gasteiger partial charge is 0.241 e. The number of aryl methyl sites for hydroxylation is 2. The number of pyridine rings is 1. The molecule has 2 N–H and O–H groups in total. The zero-order chi connectivity index (χ0) is 18.9. The van der Waals surface area contributed by atoms with Crippen LogP contribution in [0.3, 0.4) is 0 Å². The highest BCUT2D eigenvalue weighted by atomic mass is 32.2. The number of aliphatic hydroxyl groups excluding tert-OH is 1. The van der Waals surface area contributed by atoms with Crippen molar-refractivity contribution >= 4 is 10.0 Å². The van der Waals surface area contributed by atoms with Crippen LogP contribution in [0.25, 0.3) is 0 Å². The first kappa shape index (κ1) is 18.8. The highest BCUT2D eigenvalue weighted by Gasteiger charge is 2.37. The van der Waals surface area contributed by atoms with Gasteiger partial charge in [0.2, 0.25) is 15.9 Å². The maximum atomic E-state index is 13.0. The summed E-state index contributed by atoms with van der Waals surface area (Å²) >= 11 is 0. The van der Waals surface area contributed by atoms with Gasteiger partial charge in [-0.05, 0) is 61.4 Å². The maximum Gasteiger partial charge on any atom is 0.241 e. The summed E-state index contributed by atoms with van der Waals surface area (Å²) in [6, 6.07) is 8.34. The Bertz CT molecular complexity index is 855. The van der Waals surface area contributed by atoms with Crippen molar-refractivity contribution in [2.45, 2.75) is 43.7 Å². The van der Waals surface area contributed by atoms with Crippen LogP contribution in [0.2, 0.25) is 0 Å². The first-order valence-electron chi connectivity index (χ1n) is 8.57. The van der Waals surface area contributed by atoms with E-state index in [0.717, 1.165) is 16.7 Å². The minimum atomic E-state index is -3.70. The third kappa shape index (κ3) is 4.06. The fourth-order valence-corrected chi connectivity index (χ4v) is 4.84. The van der Waals surface area contributed by atoms with Gasteiger partial charge in [-0.3, -0.25) is 0 Å². The summed E-state index contributed by atoms with van der Waals surface area (Å²) in [4.78, 5) is 4.44. The molecule has 1 aliphatic rings. The quantitative estimate of drug-likeness (QED) is 0.809. The van der Waals surface area contributed by atoms with Crippen molar-refractivity contribution in [3.8, 4) is 5.88 Å². The van der Waals surface area contributed by atoms with Crippen molar-refractivity contribution in [2.75, 3.05) is 7.11 Å². The van der Waals surface area contributed by atoms with E-state index < -0.39 is 16.1 Å². The van der Waals surface area contributed by atoms with Gasteiger partial charge < -0.3 is 9.84 Å². The predicted molar refractivity (Wildman–Crippen MR) is 98.5 cm³/mol. The molecule has 1 aromatic carbocycles. The molecule has 1 atom stereocenters. The number of aliphatic hydroxyl groups is 1. The Kier molecular flexibility index (Phi) is 5.32. The van der Waals surface area contributed by atoms with Crippen LogP contribution in [0.1, 0.15) is 35.6 Å². The Morgan fingerprint density at radius 1 is 1.19 bits per heavy atom. The summed E-state index contributed by atoms with van der Waals surface area (Å²) in [5.41, 5.74) is 2.55. The highest BCUT2D eigenvalue weighted by Crippen LogP contribution is 2.39. The summed E-state index contributed by atoms with van der Waals surface area (Å²) in [5.74, 6) is 0.499. The van der Waals surface area contributed by atoms with Crippen LogP contribution in [0, 0.1) is 19.8 Å². The Labute approximate surface area is 154 Å². The third-order valence-electron chi connectivity index (χ3n) is 4.74. The molecule has 0 aliphatic heterocycles. The molecule has 2 aromatic rings. The van der Waals surface area contributed by atoms with Crippen molar-refractivity contribution in [1.29, 1.82) is 0 Å². The highest BCUT2D eigenvalue weighted by molar-refractivity contribution is 7.89. The van der Waals surface area contributed by atoms with Crippen molar-refractivity contribution in [3.05, 3.63) is 53.2 Å². The van der Waals surface area contributed by atoms with E-state index in [1.54, 1.807) is 24.4 Å². The van der Waals surface area contributed by atoms with Crippen LogP contribution in [0.15, 0.2) is 41.4 Å². The molecule has 6 nitrogen and oxygen atoms in total. The van der Waals surface area contributed by atoms with E-state index in [1.807, 2.05) is 26.0 Å². The molecule has 1 aromatic heterocycles. The van der Waals surface area contributed by atoms with E-state index in [1.165, 1.54) is 7.11 Å². The predicted octanol–water partition coefficient (Wildman–Crippen LogP) is 2.50. The van der Waals surface area contributed by atoms with Gasteiger partial charge in [-0.2, -0.15) is 0 Å². The minimum absolute atomic E-state index is 0.0286. The molecule has 0 spiro atoms. The van der Waals surface area contributed by atoms with Gasteiger partial charge in [-0.1, -0.05) is 12.1 Å². The van der Waals surface area contributed by atoms with Crippen LogP contribution < -0.4 is 9.46 Å². The monoisotopic (exact) mass is 376 g/mol. The lowest BCUT2D eigenvalue weighted by molar-refractivity contribution is 0.0279. The summed E-state index contributed by atoms with van der Waals surface area (Å²) < 4.78 is 33.8. The first-order valence-corrected chi connectivity index (χ1v) is 10.1. The second-order valence-corrected chi connectivity index (χ2v) is 8.66. The van der Waals surface area contributed by atoms with Crippen molar-refractivity contribution in [3.63, 3.8) is 0 Å². The second kappa shape index (κ2) is 7.34. The Hall–Kier alpha value is -1.96. The van der Waals surface area contributed by atoms with E-state index >= 15 is 0 Å².